The summed E-state index contributed by atoms with van der Waals surface area (Å²) in [7, 11) is 0. The average Bonchev–Trinajstić information content (AvgIpc) is 2.37. The Bertz CT molecular complexity index is 454. The maximum Gasteiger partial charge on any atom is 0.102 e. The van der Waals surface area contributed by atoms with Crippen molar-refractivity contribution in [3.8, 4) is 18.4 Å². The van der Waals surface area contributed by atoms with Crippen molar-refractivity contribution < 1.29 is 0 Å². The van der Waals surface area contributed by atoms with Crippen molar-refractivity contribution in [1.82, 2.24) is 0 Å². The fourth-order valence-electron chi connectivity index (χ4n) is 1.61. The molecule has 0 saturated carbocycles. The molecule has 0 aromatic heterocycles. The number of hydrogen-bond acceptors (Lipinski definition) is 3. The first-order valence-corrected chi connectivity index (χ1v) is 6.79. The minimum absolute atomic E-state index is 0.00999. The van der Waals surface area contributed by atoms with Crippen molar-refractivity contribution in [2.24, 2.45) is 0 Å². The molecule has 88 valence electrons. The lowest BCUT2D eigenvalue weighted by Crippen LogP contribution is -2.17. The molecular formula is C14H16N2S. The minimum Gasteiger partial charge on any atom is -0.370 e. The van der Waals surface area contributed by atoms with Crippen molar-refractivity contribution in [1.29, 1.82) is 5.26 Å². The summed E-state index contributed by atoms with van der Waals surface area (Å²) < 4.78 is 0. The summed E-state index contributed by atoms with van der Waals surface area (Å²) in [6.45, 7) is 2.09. The molecule has 0 saturated heterocycles. The Kier molecular flexibility index (Phi) is 5.46. The number of thioether (sulfide) groups is 1. The highest BCUT2D eigenvalue weighted by molar-refractivity contribution is 7.98. The van der Waals surface area contributed by atoms with E-state index in [1.807, 2.05) is 24.5 Å². The van der Waals surface area contributed by atoms with Gasteiger partial charge in [0.2, 0.25) is 0 Å². The first-order valence-electron chi connectivity index (χ1n) is 5.56. The molecule has 1 rings (SSSR count). The Labute approximate surface area is 107 Å². The van der Waals surface area contributed by atoms with Crippen molar-refractivity contribution >= 4 is 17.4 Å². The zero-order valence-corrected chi connectivity index (χ0v) is 11.0. The molecule has 1 N–H and O–H groups in total. The molecule has 0 aliphatic rings. The Hall–Kier alpha value is -1.58. The van der Waals surface area contributed by atoms with Crippen LogP contribution in [0, 0.1) is 23.7 Å². The van der Waals surface area contributed by atoms with E-state index in [4.69, 9.17) is 6.42 Å². The van der Waals surface area contributed by atoms with Crippen LogP contribution in [-0.2, 0) is 0 Å². The molecule has 1 unspecified atom stereocenters. The van der Waals surface area contributed by atoms with E-state index < -0.39 is 0 Å². The van der Waals surface area contributed by atoms with E-state index in [0.29, 0.717) is 5.56 Å². The van der Waals surface area contributed by atoms with Crippen LogP contribution in [0.1, 0.15) is 25.3 Å². The third-order valence-electron chi connectivity index (χ3n) is 2.47. The molecular weight excluding hydrogens is 228 g/mol. The first-order chi connectivity index (χ1) is 8.26. The Morgan fingerprint density at radius 3 is 2.82 bits per heavy atom. The second kappa shape index (κ2) is 6.89. The van der Waals surface area contributed by atoms with Crippen LogP contribution >= 0.6 is 11.8 Å². The lowest BCUT2D eigenvalue weighted by Gasteiger charge is -2.15. The molecule has 1 atom stereocenters. The number of hydrogen-bond donors (Lipinski definition) is 1. The molecule has 0 radical (unpaired) electrons. The van der Waals surface area contributed by atoms with Crippen molar-refractivity contribution in [2.45, 2.75) is 30.7 Å². The van der Waals surface area contributed by atoms with Gasteiger partial charge < -0.3 is 5.32 Å². The summed E-state index contributed by atoms with van der Waals surface area (Å²) in [5.74, 6) is 2.71. The highest BCUT2D eigenvalue weighted by Crippen LogP contribution is 2.26. The van der Waals surface area contributed by atoms with Crippen LogP contribution in [0.4, 0.5) is 5.69 Å². The summed E-state index contributed by atoms with van der Waals surface area (Å²) in [5.41, 5.74) is 1.51. The third kappa shape index (κ3) is 3.44. The van der Waals surface area contributed by atoms with E-state index in [1.54, 1.807) is 11.8 Å². The van der Waals surface area contributed by atoms with Gasteiger partial charge in [0.05, 0.1) is 17.3 Å². The van der Waals surface area contributed by atoms with Gasteiger partial charge in [0, 0.05) is 4.90 Å². The van der Waals surface area contributed by atoms with Gasteiger partial charge in [-0.3, -0.25) is 0 Å². The van der Waals surface area contributed by atoms with Crippen LogP contribution in [0.5, 0.6) is 0 Å². The zero-order valence-electron chi connectivity index (χ0n) is 10.2. The lowest BCUT2D eigenvalue weighted by molar-refractivity contribution is 0.755. The maximum absolute atomic E-state index is 9.19. The highest BCUT2D eigenvalue weighted by Gasteiger charge is 2.10. The quantitative estimate of drug-likeness (QED) is 0.636. The van der Waals surface area contributed by atoms with Crippen LogP contribution in [0.15, 0.2) is 23.1 Å². The number of benzene rings is 1. The van der Waals surface area contributed by atoms with Crippen LogP contribution in [0.25, 0.3) is 0 Å². The monoisotopic (exact) mass is 244 g/mol. The lowest BCUT2D eigenvalue weighted by atomic mass is 10.1. The Morgan fingerprint density at radius 1 is 1.53 bits per heavy atom. The first kappa shape index (κ1) is 13.5. The summed E-state index contributed by atoms with van der Waals surface area (Å²) in [6, 6.07) is 8.01. The second-order valence-corrected chi connectivity index (χ2v) is 4.49. The molecule has 0 heterocycles. The number of terminal acetylenes is 1. The highest BCUT2D eigenvalue weighted by atomic mass is 32.2. The van der Waals surface area contributed by atoms with Crippen LogP contribution in [0.3, 0.4) is 0 Å². The van der Waals surface area contributed by atoms with Gasteiger partial charge in [-0.05, 0) is 24.8 Å². The van der Waals surface area contributed by atoms with Gasteiger partial charge in [0.15, 0.2) is 0 Å². The Morgan fingerprint density at radius 2 is 2.29 bits per heavy atom. The van der Waals surface area contributed by atoms with E-state index in [-0.39, 0.29) is 6.04 Å². The molecule has 0 amide bonds. The van der Waals surface area contributed by atoms with Gasteiger partial charge in [-0.15, -0.1) is 18.2 Å². The molecule has 1 aromatic carbocycles. The predicted molar refractivity (Wildman–Crippen MR) is 74.1 cm³/mol. The van der Waals surface area contributed by atoms with Crippen LogP contribution < -0.4 is 5.32 Å². The normalized spacial score (nSPS) is 11.3. The number of anilines is 1. The van der Waals surface area contributed by atoms with Gasteiger partial charge in [-0.2, -0.15) is 5.26 Å². The van der Waals surface area contributed by atoms with Gasteiger partial charge in [0.25, 0.3) is 0 Å². The predicted octanol–water partition coefficient (Wildman–Crippen LogP) is 3.49. The number of nitriles is 1. The standard InChI is InChI=1S/C14H16N2S/c1-4-7-11(5-2)16-13-8-6-9-14(17-3)12(13)10-15/h2,6,8-9,11,16H,4,7H2,1,3H3. The van der Waals surface area contributed by atoms with Crippen LogP contribution in [-0.4, -0.2) is 12.3 Å². The van der Waals surface area contributed by atoms with Gasteiger partial charge in [-0.1, -0.05) is 25.3 Å². The van der Waals surface area contributed by atoms with E-state index in [0.717, 1.165) is 23.4 Å². The fraction of sp³-hybridized carbons (Fsp3) is 0.357. The summed E-state index contributed by atoms with van der Waals surface area (Å²) in [6.07, 6.45) is 9.36. The van der Waals surface area contributed by atoms with Crippen LogP contribution in [0.2, 0.25) is 0 Å². The molecule has 1 aromatic rings. The van der Waals surface area contributed by atoms with Crippen molar-refractivity contribution in [2.75, 3.05) is 11.6 Å². The van der Waals surface area contributed by atoms with E-state index in [1.165, 1.54) is 0 Å². The van der Waals surface area contributed by atoms with Gasteiger partial charge in [-0.25, -0.2) is 0 Å². The van der Waals surface area contributed by atoms with Crippen molar-refractivity contribution in [3.63, 3.8) is 0 Å². The fourth-order valence-corrected chi connectivity index (χ4v) is 2.18. The van der Waals surface area contributed by atoms with E-state index >= 15 is 0 Å². The number of nitrogens with zero attached hydrogens (tertiary/aromatic N) is 1. The van der Waals surface area contributed by atoms with Gasteiger partial charge in [0.1, 0.15) is 6.07 Å². The van der Waals surface area contributed by atoms with Gasteiger partial charge >= 0.3 is 0 Å². The molecule has 0 aliphatic carbocycles. The molecule has 0 bridgehead atoms. The van der Waals surface area contributed by atoms with E-state index in [2.05, 4.69) is 24.2 Å². The zero-order chi connectivity index (χ0) is 12.7. The third-order valence-corrected chi connectivity index (χ3v) is 3.25. The summed E-state index contributed by atoms with van der Waals surface area (Å²) in [5, 5.41) is 12.4. The topological polar surface area (TPSA) is 35.8 Å². The molecule has 0 aliphatic heterocycles. The Balaban J connectivity index is 2.99. The largest absolute Gasteiger partial charge is 0.370 e. The average molecular weight is 244 g/mol. The minimum atomic E-state index is -0.00999. The summed E-state index contributed by atoms with van der Waals surface area (Å²) >= 11 is 1.57. The second-order valence-electron chi connectivity index (χ2n) is 3.65. The van der Waals surface area contributed by atoms with E-state index in [9.17, 15) is 5.26 Å². The molecule has 0 spiro atoms. The number of nitrogens with one attached hydrogen (secondary N) is 1. The smallest absolute Gasteiger partial charge is 0.102 e. The molecule has 2 nitrogen and oxygen atoms in total. The molecule has 17 heavy (non-hydrogen) atoms. The maximum atomic E-state index is 9.19. The SMILES string of the molecule is C#CC(CCC)Nc1cccc(SC)c1C#N. The molecule has 0 fully saturated rings. The van der Waals surface area contributed by atoms with Crippen molar-refractivity contribution in [3.05, 3.63) is 23.8 Å². The molecule has 3 heteroatoms. The summed E-state index contributed by atoms with van der Waals surface area (Å²) in [4.78, 5) is 0.977. The number of rotatable bonds is 5.